The molecule has 0 unspecified atom stereocenters. The molecule has 3 nitrogen and oxygen atoms in total. The van der Waals surface area contributed by atoms with Gasteiger partial charge >= 0.3 is 0 Å². The van der Waals surface area contributed by atoms with Crippen LogP contribution in [0.3, 0.4) is 0 Å². The van der Waals surface area contributed by atoms with Gasteiger partial charge in [0.25, 0.3) is 0 Å². The van der Waals surface area contributed by atoms with Crippen molar-refractivity contribution in [3.8, 4) is 0 Å². The first-order valence-corrected chi connectivity index (χ1v) is 5.00. The quantitative estimate of drug-likeness (QED) is 0.721. The summed E-state index contributed by atoms with van der Waals surface area (Å²) in [6, 6.07) is 1.91. The van der Waals surface area contributed by atoms with Gasteiger partial charge in [-0.05, 0) is 32.0 Å². The van der Waals surface area contributed by atoms with Crippen molar-refractivity contribution in [1.82, 2.24) is 15.3 Å². The SMILES string of the molecule is CCCNC/C=C/c1ccnc(C)n1. The van der Waals surface area contributed by atoms with Gasteiger partial charge in [0.2, 0.25) is 0 Å². The molecule has 1 rings (SSSR count). The van der Waals surface area contributed by atoms with Gasteiger partial charge in [-0.1, -0.05) is 13.0 Å². The van der Waals surface area contributed by atoms with Crippen molar-refractivity contribution in [2.24, 2.45) is 0 Å². The maximum Gasteiger partial charge on any atom is 0.125 e. The highest BCUT2D eigenvalue weighted by Gasteiger charge is 1.88. The number of rotatable bonds is 5. The first-order chi connectivity index (χ1) is 6.83. The topological polar surface area (TPSA) is 37.8 Å². The molecule has 76 valence electrons. The minimum atomic E-state index is 0.814. The zero-order valence-electron chi connectivity index (χ0n) is 8.83. The average Bonchev–Trinajstić information content (AvgIpc) is 2.18. The Morgan fingerprint density at radius 3 is 3.07 bits per heavy atom. The summed E-state index contributed by atoms with van der Waals surface area (Å²) in [5.41, 5.74) is 0.968. The summed E-state index contributed by atoms with van der Waals surface area (Å²) in [7, 11) is 0. The minimum absolute atomic E-state index is 0.814. The fourth-order valence-electron chi connectivity index (χ4n) is 1.11. The van der Waals surface area contributed by atoms with Crippen molar-refractivity contribution >= 4 is 6.08 Å². The second-order valence-electron chi connectivity index (χ2n) is 3.14. The Morgan fingerprint density at radius 2 is 2.36 bits per heavy atom. The van der Waals surface area contributed by atoms with Gasteiger partial charge in [0.05, 0.1) is 5.69 Å². The Bertz CT molecular complexity index is 294. The van der Waals surface area contributed by atoms with Crippen molar-refractivity contribution in [3.63, 3.8) is 0 Å². The van der Waals surface area contributed by atoms with Crippen LogP contribution < -0.4 is 5.32 Å². The molecule has 0 aliphatic rings. The van der Waals surface area contributed by atoms with Crippen LogP contribution in [0.2, 0.25) is 0 Å². The van der Waals surface area contributed by atoms with E-state index in [9.17, 15) is 0 Å². The predicted octanol–water partition coefficient (Wildman–Crippen LogP) is 1.80. The average molecular weight is 191 g/mol. The lowest BCUT2D eigenvalue weighted by molar-refractivity contribution is 0.730. The van der Waals surface area contributed by atoms with Crippen LogP contribution in [0.5, 0.6) is 0 Å². The zero-order valence-corrected chi connectivity index (χ0v) is 8.83. The van der Waals surface area contributed by atoms with Gasteiger partial charge in [0.1, 0.15) is 5.82 Å². The fourth-order valence-corrected chi connectivity index (χ4v) is 1.11. The third-order valence-corrected chi connectivity index (χ3v) is 1.78. The Hall–Kier alpha value is -1.22. The highest BCUT2D eigenvalue weighted by Crippen LogP contribution is 1.96. The number of aromatic nitrogens is 2. The summed E-state index contributed by atoms with van der Waals surface area (Å²) in [5, 5.41) is 3.29. The van der Waals surface area contributed by atoms with E-state index in [1.54, 1.807) is 6.20 Å². The molecule has 0 saturated carbocycles. The summed E-state index contributed by atoms with van der Waals surface area (Å²) in [4.78, 5) is 8.30. The largest absolute Gasteiger partial charge is 0.313 e. The van der Waals surface area contributed by atoms with Crippen LogP contribution in [0.1, 0.15) is 24.9 Å². The van der Waals surface area contributed by atoms with Gasteiger partial charge in [-0.25, -0.2) is 9.97 Å². The minimum Gasteiger partial charge on any atom is -0.313 e. The van der Waals surface area contributed by atoms with Crippen LogP contribution in [0.4, 0.5) is 0 Å². The first kappa shape index (κ1) is 10.9. The first-order valence-electron chi connectivity index (χ1n) is 5.00. The number of aryl methyl sites for hydroxylation is 1. The Balaban J connectivity index is 2.36. The molecule has 0 atom stereocenters. The molecule has 3 heteroatoms. The standard InChI is InChI=1S/C11H17N3/c1-3-7-12-8-4-5-11-6-9-13-10(2)14-11/h4-6,9,12H,3,7-8H2,1-2H3/b5-4+. The molecule has 0 fully saturated rings. The number of hydrogen-bond donors (Lipinski definition) is 1. The van der Waals surface area contributed by atoms with Crippen LogP contribution >= 0.6 is 0 Å². The molecule has 0 aromatic carbocycles. The van der Waals surface area contributed by atoms with Gasteiger partial charge in [-0.15, -0.1) is 0 Å². The fraction of sp³-hybridized carbons (Fsp3) is 0.455. The van der Waals surface area contributed by atoms with Gasteiger partial charge in [-0.3, -0.25) is 0 Å². The zero-order chi connectivity index (χ0) is 10.2. The highest BCUT2D eigenvalue weighted by atomic mass is 14.9. The maximum atomic E-state index is 4.27. The Morgan fingerprint density at radius 1 is 1.50 bits per heavy atom. The van der Waals surface area contributed by atoms with Gasteiger partial charge in [-0.2, -0.15) is 0 Å². The summed E-state index contributed by atoms with van der Waals surface area (Å²) >= 11 is 0. The molecular weight excluding hydrogens is 174 g/mol. The Kier molecular flexibility index (Phi) is 4.86. The monoisotopic (exact) mass is 191 g/mol. The van der Waals surface area contributed by atoms with E-state index in [0.717, 1.165) is 24.6 Å². The van der Waals surface area contributed by atoms with E-state index in [2.05, 4.69) is 28.3 Å². The van der Waals surface area contributed by atoms with Crippen LogP contribution in [0.25, 0.3) is 6.08 Å². The Labute approximate surface area is 85.3 Å². The predicted molar refractivity (Wildman–Crippen MR) is 59.0 cm³/mol. The molecule has 0 aliphatic carbocycles. The summed E-state index contributed by atoms with van der Waals surface area (Å²) in [5.74, 6) is 0.814. The van der Waals surface area contributed by atoms with Crippen molar-refractivity contribution in [1.29, 1.82) is 0 Å². The number of nitrogens with one attached hydrogen (secondary N) is 1. The molecule has 1 aromatic heterocycles. The number of nitrogens with zero attached hydrogens (tertiary/aromatic N) is 2. The van der Waals surface area contributed by atoms with Crippen molar-refractivity contribution in [3.05, 3.63) is 29.9 Å². The summed E-state index contributed by atoms with van der Waals surface area (Å²) < 4.78 is 0. The third kappa shape index (κ3) is 4.14. The van der Waals surface area contributed by atoms with E-state index in [4.69, 9.17) is 0 Å². The van der Waals surface area contributed by atoms with Gasteiger partial charge in [0, 0.05) is 12.7 Å². The van der Waals surface area contributed by atoms with Crippen LogP contribution in [0, 0.1) is 6.92 Å². The number of hydrogen-bond acceptors (Lipinski definition) is 3. The molecule has 0 radical (unpaired) electrons. The highest BCUT2D eigenvalue weighted by molar-refractivity contribution is 5.43. The molecule has 14 heavy (non-hydrogen) atoms. The molecule has 0 spiro atoms. The lowest BCUT2D eigenvalue weighted by atomic mass is 10.3. The maximum absolute atomic E-state index is 4.27. The lowest BCUT2D eigenvalue weighted by Crippen LogP contribution is -2.13. The summed E-state index contributed by atoms with van der Waals surface area (Å²) in [6.45, 7) is 6.02. The van der Waals surface area contributed by atoms with Crippen LogP contribution in [-0.4, -0.2) is 23.1 Å². The summed E-state index contributed by atoms with van der Waals surface area (Å²) in [6.07, 6.45) is 7.04. The molecule has 0 bridgehead atoms. The van der Waals surface area contributed by atoms with Gasteiger partial charge < -0.3 is 5.32 Å². The molecule has 1 heterocycles. The normalized spacial score (nSPS) is 11.0. The molecule has 0 aliphatic heterocycles. The van der Waals surface area contributed by atoms with E-state index >= 15 is 0 Å². The van der Waals surface area contributed by atoms with Crippen LogP contribution in [-0.2, 0) is 0 Å². The van der Waals surface area contributed by atoms with E-state index in [1.165, 1.54) is 6.42 Å². The van der Waals surface area contributed by atoms with E-state index in [-0.39, 0.29) is 0 Å². The van der Waals surface area contributed by atoms with Crippen molar-refractivity contribution < 1.29 is 0 Å². The van der Waals surface area contributed by atoms with Crippen molar-refractivity contribution in [2.45, 2.75) is 20.3 Å². The second-order valence-corrected chi connectivity index (χ2v) is 3.14. The van der Waals surface area contributed by atoms with Gasteiger partial charge in [0.15, 0.2) is 0 Å². The van der Waals surface area contributed by atoms with E-state index in [1.807, 2.05) is 19.1 Å². The van der Waals surface area contributed by atoms with Crippen molar-refractivity contribution in [2.75, 3.05) is 13.1 Å². The smallest absolute Gasteiger partial charge is 0.125 e. The van der Waals surface area contributed by atoms with E-state index < -0.39 is 0 Å². The third-order valence-electron chi connectivity index (χ3n) is 1.78. The molecular formula is C11H17N3. The second kappa shape index (κ2) is 6.27. The molecule has 1 N–H and O–H groups in total. The molecule has 0 amide bonds. The molecule has 1 aromatic rings. The van der Waals surface area contributed by atoms with Crippen LogP contribution in [0.15, 0.2) is 18.3 Å². The van der Waals surface area contributed by atoms with E-state index in [0.29, 0.717) is 0 Å². The lowest BCUT2D eigenvalue weighted by Gasteiger charge is -1.96. The molecule has 0 saturated heterocycles.